The van der Waals surface area contributed by atoms with Gasteiger partial charge in [-0.3, -0.25) is 4.79 Å². The summed E-state index contributed by atoms with van der Waals surface area (Å²) in [5.74, 6) is 0.524. The summed E-state index contributed by atoms with van der Waals surface area (Å²) >= 11 is 0. The Morgan fingerprint density at radius 1 is 1.42 bits per heavy atom. The summed E-state index contributed by atoms with van der Waals surface area (Å²) < 4.78 is 5.32. The van der Waals surface area contributed by atoms with Gasteiger partial charge in [0.1, 0.15) is 5.75 Å². The van der Waals surface area contributed by atoms with E-state index in [1.807, 2.05) is 45.0 Å². The molecule has 4 nitrogen and oxygen atoms in total. The average molecular weight is 287 g/mol. The summed E-state index contributed by atoms with van der Waals surface area (Å²) in [5, 5.41) is 3.00. The molecule has 1 rings (SSSR count). The summed E-state index contributed by atoms with van der Waals surface area (Å²) in [7, 11) is 1.62. The Balaban J connectivity index is 0.00000324. The predicted octanol–water partition coefficient (Wildman–Crippen LogP) is 2.06. The molecule has 1 amide bonds. The number of carbonyl (C=O) groups excluding carboxylic acids is 1. The second-order valence-electron chi connectivity index (χ2n) is 4.95. The Morgan fingerprint density at radius 2 is 2.00 bits per heavy atom. The normalized spacial score (nSPS) is 12.3. The van der Waals surface area contributed by atoms with E-state index in [1.165, 1.54) is 0 Å². The molecule has 1 unspecified atom stereocenters. The third-order valence-corrected chi connectivity index (χ3v) is 3.02. The van der Waals surface area contributed by atoms with E-state index in [-0.39, 0.29) is 24.2 Å². The van der Waals surface area contributed by atoms with Crippen molar-refractivity contribution in [3.63, 3.8) is 0 Å². The molecule has 5 heteroatoms. The lowest BCUT2D eigenvalue weighted by Gasteiger charge is -2.29. The van der Waals surface area contributed by atoms with Gasteiger partial charge in [-0.25, -0.2) is 0 Å². The van der Waals surface area contributed by atoms with E-state index in [4.69, 9.17) is 10.5 Å². The van der Waals surface area contributed by atoms with Gasteiger partial charge in [-0.1, -0.05) is 25.1 Å². The number of nitrogens with one attached hydrogen (secondary N) is 1. The van der Waals surface area contributed by atoms with Crippen LogP contribution in [0.1, 0.15) is 26.3 Å². The number of hydrogen-bond acceptors (Lipinski definition) is 3. The van der Waals surface area contributed by atoms with Crippen molar-refractivity contribution < 1.29 is 9.53 Å². The fourth-order valence-electron chi connectivity index (χ4n) is 1.77. The average Bonchev–Trinajstić information content (AvgIpc) is 2.37. The van der Waals surface area contributed by atoms with Crippen LogP contribution in [0.15, 0.2) is 24.3 Å². The van der Waals surface area contributed by atoms with Crippen LogP contribution in [0.3, 0.4) is 0 Å². The largest absolute Gasteiger partial charge is 0.496 e. The maximum atomic E-state index is 11.9. The number of benzene rings is 1. The van der Waals surface area contributed by atoms with Gasteiger partial charge in [0.2, 0.25) is 5.91 Å². The first-order valence-corrected chi connectivity index (χ1v) is 6.08. The first-order chi connectivity index (χ1) is 8.42. The Bertz CT molecular complexity index is 422. The Hall–Kier alpha value is -1.26. The van der Waals surface area contributed by atoms with Gasteiger partial charge in [0, 0.05) is 18.0 Å². The minimum atomic E-state index is -0.493. The summed E-state index contributed by atoms with van der Waals surface area (Å²) in [6.45, 7) is 6.06. The standard InChI is InChI=1S/C14H22N2O2.ClH/c1-10(9-15)13(17)16-14(2,3)11-7-5-6-8-12(11)18-4;/h5-8,10H,9,15H2,1-4H3,(H,16,17);1H. The molecule has 0 aliphatic heterocycles. The third kappa shape index (κ3) is 4.40. The van der Waals surface area contributed by atoms with Crippen molar-refractivity contribution in [3.8, 4) is 5.75 Å². The molecule has 0 saturated heterocycles. The number of methoxy groups -OCH3 is 1. The highest BCUT2D eigenvalue weighted by atomic mass is 35.5. The van der Waals surface area contributed by atoms with Crippen molar-refractivity contribution in [2.75, 3.05) is 13.7 Å². The Morgan fingerprint density at radius 3 is 2.53 bits per heavy atom. The third-order valence-electron chi connectivity index (χ3n) is 3.02. The molecule has 0 aliphatic carbocycles. The van der Waals surface area contributed by atoms with Crippen LogP contribution in [-0.2, 0) is 10.3 Å². The lowest BCUT2D eigenvalue weighted by atomic mass is 9.92. The molecule has 3 N–H and O–H groups in total. The van der Waals surface area contributed by atoms with Crippen LogP contribution >= 0.6 is 12.4 Å². The van der Waals surface area contributed by atoms with E-state index < -0.39 is 5.54 Å². The van der Waals surface area contributed by atoms with Gasteiger partial charge in [0.25, 0.3) is 0 Å². The van der Waals surface area contributed by atoms with E-state index >= 15 is 0 Å². The number of hydrogen-bond donors (Lipinski definition) is 2. The highest BCUT2D eigenvalue weighted by molar-refractivity contribution is 5.85. The SMILES string of the molecule is COc1ccccc1C(C)(C)NC(=O)C(C)CN.Cl. The summed E-state index contributed by atoms with van der Waals surface area (Å²) in [6, 6.07) is 7.67. The molecule has 0 aromatic heterocycles. The molecule has 0 radical (unpaired) electrons. The van der Waals surface area contributed by atoms with Gasteiger partial charge in [-0.05, 0) is 19.9 Å². The molecular formula is C14H23ClN2O2. The van der Waals surface area contributed by atoms with Crippen LogP contribution in [0.5, 0.6) is 5.75 Å². The number of carbonyl (C=O) groups is 1. The fourth-order valence-corrected chi connectivity index (χ4v) is 1.77. The van der Waals surface area contributed by atoms with Crippen molar-refractivity contribution >= 4 is 18.3 Å². The number of amides is 1. The van der Waals surface area contributed by atoms with E-state index in [9.17, 15) is 4.79 Å². The van der Waals surface area contributed by atoms with Crippen LogP contribution < -0.4 is 15.8 Å². The van der Waals surface area contributed by atoms with Crippen LogP contribution in [0.2, 0.25) is 0 Å². The second-order valence-corrected chi connectivity index (χ2v) is 4.95. The molecular weight excluding hydrogens is 264 g/mol. The van der Waals surface area contributed by atoms with Gasteiger partial charge in [0.05, 0.1) is 12.6 Å². The fraction of sp³-hybridized carbons (Fsp3) is 0.500. The number of halogens is 1. The van der Waals surface area contributed by atoms with Gasteiger partial charge in [-0.2, -0.15) is 0 Å². The van der Waals surface area contributed by atoms with Gasteiger partial charge in [-0.15, -0.1) is 12.4 Å². The number of rotatable bonds is 5. The summed E-state index contributed by atoms with van der Waals surface area (Å²) in [5.41, 5.74) is 5.96. The highest BCUT2D eigenvalue weighted by Gasteiger charge is 2.27. The van der Waals surface area contributed by atoms with E-state index in [1.54, 1.807) is 7.11 Å². The number of para-hydroxylation sites is 1. The first-order valence-electron chi connectivity index (χ1n) is 6.08. The first kappa shape index (κ1) is 17.7. The molecule has 1 aromatic rings. The van der Waals surface area contributed by atoms with Gasteiger partial charge >= 0.3 is 0 Å². The molecule has 0 saturated carbocycles. The molecule has 0 aliphatic rings. The Kier molecular flexibility index (Phi) is 6.87. The topological polar surface area (TPSA) is 64.3 Å². The van der Waals surface area contributed by atoms with Crippen molar-refractivity contribution in [1.29, 1.82) is 0 Å². The monoisotopic (exact) mass is 286 g/mol. The predicted molar refractivity (Wildman–Crippen MR) is 79.6 cm³/mol. The van der Waals surface area contributed by atoms with Crippen molar-refractivity contribution in [2.24, 2.45) is 11.7 Å². The molecule has 0 fully saturated rings. The van der Waals surface area contributed by atoms with Crippen LogP contribution in [0.25, 0.3) is 0 Å². The van der Waals surface area contributed by atoms with Crippen molar-refractivity contribution in [1.82, 2.24) is 5.32 Å². The zero-order chi connectivity index (χ0) is 13.8. The molecule has 1 aromatic carbocycles. The van der Waals surface area contributed by atoms with Gasteiger partial charge in [0.15, 0.2) is 0 Å². The second kappa shape index (κ2) is 7.36. The van der Waals surface area contributed by atoms with E-state index in [0.29, 0.717) is 6.54 Å². The molecule has 108 valence electrons. The summed E-state index contributed by atoms with van der Waals surface area (Å²) in [4.78, 5) is 11.9. The lowest BCUT2D eigenvalue weighted by molar-refractivity contribution is -0.125. The number of nitrogens with two attached hydrogens (primary N) is 1. The highest BCUT2D eigenvalue weighted by Crippen LogP contribution is 2.29. The molecule has 19 heavy (non-hydrogen) atoms. The quantitative estimate of drug-likeness (QED) is 0.871. The number of ether oxygens (including phenoxy) is 1. The van der Waals surface area contributed by atoms with Crippen LogP contribution in [0.4, 0.5) is 0 Å². The van der Waals surface area contributed by atoms with Crippen LogP contribution in [-0.4, -0.2) is 19.6 Å². The molecule has 0 spiro atoms. The van der Waals surface area contributed by atoms with Crippen LogP contribution in [0, 0.1) is 5.92 Å². The van der Waals surface area contributed by atoms with Crippen molar-refractivity contribution in [2.45, 2.75) is 26.3 Å². The summed E-state index contributed by atoms with van der Waals surface area (Å²) in [6.07, 6.45) is 0. The van der Waals surface area contributed by atoms with Crippen molar-refractivity contribution in [3.05, 3.63) is 29.8 Å². The maximum absolute atomic E-state index is 11.9. The molecule has 1 atom stereocenters. The molecule has 0 heterocycles. The minimum Gasteiger partial charge on any atom is -0.496 e. The van der Waals surface area contributed by atoms with E-state index in [0.717, 1.165) is 11.3 Å². The smallest absolute Gasteiger partial charge is 0.224 e. The molecule has 0 bridgehead atoms. The Labute approximate surface area is 121 Å². The minimum absolute atomic E-state index is 0. The zero-order valence-corrected chi connectivity index (χ0v) is 12.7. The van der Waals surface area contributed by atoms with E-state index in [2.05, 4.69) is 5.32 Å². The zero-order valence-electron chi connectivity index (χ0n) is 11.9. The van der Waals surface area contributed by atoms with Gasteiger partial charge < -0.3 is 15.8 Å². The maximum Gasteiger partial charge on any atom is 0.224 e. The lowest BCUT2D eigenvalue weighted by Crippen LogP contribution is -2.45.